The lowest BCUT2D eigenvalue weighted by molar-refractivity contribution is -0.148. The van der Waals surface area contributed by atoms with Crippen LogP contribution in [0, 0.1) is 13.8 Å². The highest BCUT2D eigenvalue weighted by Gasteiger charge is 2.16. The summed E-state index contributed by atoms with van der Waals surface area (Å²) in [6.45, 7) is 6.40. The van der Waals surface area contributed by atoms with Crippen molar-refractivity contribution < 1.29 is 33.1 Å². The van der Waals surface area contributed by atoms with Gasteiger partial charge >= 0.3 is 5.97 Å². The fourth-order valence-corrected chi connectivity index (χ4v) is 2.87. The molecule has 0 aliphatic carbocycles. The molecule has 1 heterocycles. The van der Waals surface area contributed by atoms with Gasteiger partial charge in [-0.2, -0.15) is 0 Å². The monoisotopic (exact) mass is 446 g/mol. The molecular weight excluding hydrogens is 416 g/mol. The predicted molar refractivity (Wildman–Crippen MR) is 117 cm³/mol. The molecule has 2 rings (SSSR count). The van der Waals surface area contributed by atoms with Crippen LogP contribution in [0.4, 0.5) is 0 Å². The first kappa shape index (κ1) is 24.9. The zero-order valence-electron chi connectivity index (χ0n) is 19.2. The van der Waals surface area contributed by atoms with Crippen LogP contribution >= 0.6 is 0 Å². The van der Waals surface area contributed by atoms with Crippen LogP contribution in [0.2, 0.25) is 0 Å². The second-order valence-corrected chi connectivity index (χ2v) is 6.89. The largest absolute Gasteiger partial charge is 0.493 e. The van der Waals surface area contributed by atoms with Crippen molar-refractivity contribution in [3.63, 3.8) is 0 Å². The van der Waals surface area contributed by atoms with Crippen LogP contribution in [0.3, 0.4) is 0 Å². The summed E-state index contributed by atoms with van der Waals surface area (Å²) in [5, 5.41) is 3.92. The fourth-order valence-electron chi connectivity index (χ4n) is 2.87. The number of carbonyl (C=O) groups is 2. The molecule has 1 amide bonds. The van der Waals surface area contributed by atoms with E-state index in [1.807, 2.05) is 13.8 Å². The number of rotatable bonds is 12. The van der Waals surface area contributed by atoms with Crippen LogP contribution in [0.25, 0.3) is 6.08 Å². The second-order valence-electron chi connectivity index (χ2n) is 6.89. The molecule has 0 saturated heterocycles. The van der Waals surface area contributed by atoms with Crippen molar-refractivity contribution in [2.75, 3.05) is 40.5 Å². The molecule has 0 spiro atoms. The summed E-state index contributed by atoms with van der Waals surface area (Å²) >= 11 is 0. The summed E-state index contributed by atoms with van der Waals surface area (Å²) in [5.41, 5.74) is 2.41. The first-order valence-electron chi connectivity index (χ1n) is 10.2. The van der Waals surface area contributed by atoms with Gasteiger partial charge in [-0.15, -0.1) is 0 Å². The van der Waals surface area contributed by atoms with E-state index in [2.05, 4.69) is 5.16 Å². The van der Waals surface area contributed by atoms with Gasteiger partial charge < -0.3 is 28.4 Å². The van der Waals surface area contributed by atoms with Gasteiger partial charge in [0.25, 0.3) is 0 Å². The highest BCUT2D eigenvalue weighted by Crippen LogP contribution is 2.30. The summed E-state index contributed by atoms with van der Waals surface area (Å²) in [6, 6.07) is 5.33. The Morgan fingerprint density at radius 3 is 2.59 bits per heavy atom. The van der Waals surface area contributed by atoms with Gasteiger partial charge in [-0.05, 0) is 44.5 Å². The highest BCUT2D eigenvalue weighted by molar-refractivity contribution is 5.93. The average molecular weight is 447 g/mol. The standard InChI is InChI=1S/C23H30N2O7/c1-6-30-23(27)14-25(11-12-28-4)22(26)10-8-18-7-9-20(21(13-18)29-5)31-15-19-16(2)24-32-17(19)3/h7-10,13H,6,11-12,14-15H2,1-5H3. The summed E-state index contributed by atoms with van der Waals surface area (Å²) in [7, 11) is 3.08. The maximum Gasteiger partial charge on any atom is 0.325 e. The summed E-state index contributed by atoms with van der Waals surface area (Å²) in [6.07, 6.45) is 3.04. The molecule has 32 heavy (non-hydrogen) atoms. The molecule has 0 aliphatic rings. The zero-order chi connectivity index (χ0) is 23.5. The number of aromatic nitrogens is 1. The Morgan fingerprint density at radius 2 is 1.97 bits per heavy atom. The van der Waals surface area contributed by atoms with Crippen LogP contribution < -0.4 is 9.47 Å². The Labute approximate surface area is 187 Å². The molecule has 174 valence electrons. The number of hydrogen-bond acceptors (Lipinski definition) is 8. The van der Waals surface area contributed by atoms with Gasteiger partial charge in [-0.3, -0.25) is 9.59 Å². The minimum Gasteiger partial charge on any atom is -0.493 e. The van der Waals surface area contributed by atoms with Gasteiger partial charge in [0.05, 0.1) is 31.6 Å². The Balaban J connectivity index is 2.08. The lowest BCUT2D eigenvalue weighted by Crippen LogP contribution is -2.37. The quantitative estimate of drug-likeness (QED) is 0.362. The number of benzene rings is 1. The van der Waals surface area contributed by atoms with Crippen molar-refractivity contribution >= 4 is 18.0 Å². The van der Waals surface area contributed by atoms with Crippen LogP contribution in [-0.2, 0) is 25.7 Å². The van der Waals surface area contributed by atoms with E-state index in [1.54, 1.807) is 38.3 Å². The summed E-state index contributed by atoms with van der Waals surface area (Å²) < 4.78 is 26.4. The highest BCUT2D eigenvalue weighted by atomic mass is 16.5. The maximum absolute atomic E-state index is 12.6. The third-order valence-corrected chi connectivity index (χ3v) is 4.66. The van der Waals surface area contributed by atoms with E-state index in [-0.39, 0.29) is 25.6 Å². The van der Waals surface area contributed by atoms with Gasteiger partial charge in [-0.1, -0.05) is 11.2 Å². The molecule has 2 aromatic rings. The van der Waals surface area contributed by atoms with Crippen molar-refractivity contribution in [3.05, 3.63) is 46.9 Å². The van der Waals surface area contributed by atoms with Crippen molar-refractivity contribution in [2.24, 2.45) is 0 Å². The molecule has 0 N–H and O–H groups in total. The Hall–Kier alpha value is -3.33. The zero-order valence-corrected chi connectivity index (χ0v) is 19.2. The molecule has 0 aliphatic heterocycles. The molecule has 0 radical (unpaired) electrons. The van der Waals surface area contributed by atoms with Crippen LogP contribution in [-0.4, -0.2) is 62.5 Å². The van der Waals surface area contributed by atoms with E-state index in [0.29, 0.717) is 30.5 Å². The number of carbonyl (C=O) groups excluding carboxylic acids is 2. The third kappa shape index (κ3) is 7.12. The fraction of sp³-hybridized carbons (Fsp3) is 0.435. The molecule has 1 aromatic heterocycles. The van der Waals surface area contributed by atoms with Gasteiger partial charge in [0.1, 0.15) is 18.9 Å². The molecule has 0 fully saturated rings. The second kappa shape index (κ2) is 12.5. The van der Waals surface area contributed by atoms with Gasteiger partial charge in [0.2, 0.25) is 5.91 Å². The van der Waals surface area contributed by atoms with Crippen molar-refractivity contribution in [2.45, 2.75) is 27.4 Å². The Bertz CT molecular complexity index is 917. The number of esters is 1. The smallest absolute Gasteiger partial charge is 0.325 e. The first-order chi connectivity index (χ1) is 15.4. The molecule has 1 aromatic carbocycles. The van der Waals surface area contributed by atoms with E-state index < -0.39 is 5.97 Å². The van der Waals surface area contributed by atoms with Crippen LogP contribution in [0.1, 0.15) is 29.5 Å². The number of nitrogens with zero attached hydrogens (tertiary/aromatic N) is 2. The Morgan fingerprint density at radius 1 is 1.19 bits per heavy atom. The van der Waals surface area contributed by atoms with Gasteiger partial charge in [-0.25, -0.2) is 0 Å². The average Bonchev–Trinajstić information content (AvgIpc) is 3.11. The minimum absolute atomic E-state index is 0.141. The first-order valence-corrected chi connectivity index (χ1v) is 10.2. The third-order valence-electron chi connectivity index (χ3n) is 4.66. The number of hydrogen-bond donors (Lipinski definition) is 0. The van der Waals surface area contributed by atoms with E-state index in [9.17, 15) is 9.59 Å². The van der Waals surface area contributed by atoms with E-state index in [1.165, 1.54) is 18.1 Å². The maximum atomic E-state index is 12.6. The minimum atomic E-state index is -0.466. The molecular formula is C23H30N2O7. The molecule has 0 bridgehead atoms. The van der Waals surface area contributed by atoms with Gasteiger partial charge in [0, 0.05) is 19.7 Å². The van der Waals surface area contributed by atoms with E-state index >= 15 is 0 Å². The predicted octanol–water partition coefficient (Wildman–Crippen LogP) is 2.93. The number of methoxy groups -OCH3 is 2. The molecule has 9 heteroatoms. The molecule has 9 nitrogen and oxygen atoms in total. The van der Waals surface area contributed by atoms with Crippen molar-refractivity contribution in [1.82, 2.24) is 10.1 Å². The molecule has 0 saturated carbocycles. The van der Waals surface area contributed by atoms with E-state index in [0.717, 1.165) is 16.8 Å². The molecule has 0 unspecified atom stereocenters. The lowest BCUT2D eigenvalue weighted by atomic mass is 10.1. The summed E-state index contributed by atoms with van der Waals surface area (Å²) in [4.78, 5) is 25.7. The number of ether oxygens (including phenoxy) is 4. The van der Waals surface area contributed by atoms with Crippen molar-refractivity contribution in [3.8, 4) is 11.5 Å². The normalized spacial score (nSPS) is 10.9. The SMILES string of the molecule is CCOC(=O)CN(CCOC)C(=O)C=Cc1ccc(OCc2c(C)noc2C)c(OC)c1. The van der Waals surface area contributed by atoms with Crippen LogP contribution in [0.5, 0.6) is 11.5 Å². The van der Waals surface area contributed by atoms with Gasteiger partial charge in [0.15, 0.2) is 11.5 Å². The van der Waals surface area contributed by atoms with Crippen molar-refractivity contribution in [1.29, 1.82) is 0 Å². The number of aryl methyl sites for hydroxylation is 2. The summed E-state index contributed by atoms with van der Waals surface area (Å²) in [5.74, 6) is 0.995. The topological polar surface area (TPSA) is 100 Å². The van der Waals surface area contributed by atoms with Crippen LogP contribution in [0.15, 0.2) is 28.8 Å². The lowest BCUT2D eigenvalue weighted by Gasteiger charge is -2.19. The Kier molecular flexibility index (Phi) is 9.75. The number of amides is 1. The van der Waals surface area contributed by atoms with E-state index in [4.69, 9.17) is 23.5 Å². The molecule has 0 atom stereocenters.